The predicted molar refractivity (Wildman–Crippen MR) is 525 cm³/mol. The Labute approximate surface area is 762 Å². The molecule has 1 aliphatic carbocycles. The van der Waals surface area contributed by atoms with Crippen LogP contribution in [0.25, 0.3) is 0 Å². The fraction of sp³-hybridized carbons (Fsp3) is 0.788. The van der Waals surface area contributed by atoms with E-state index < -0.39 is 42.7 Å². The van der Waals surface area contributed by atoms with Gasteiger partial charge in [-0.05, 0) is 281 Å². The highest BCUT2D eigenvalue weighted by molar-refractivity contribution is 6.53. The maximum atomic E-state index is 12.1. The van der Waals surface area contributed by atoms with Crippen LogP contribution in [0, 0.1) is 5.92 Å². The summed E-state index contributed by atoms with van der Waals surface area (Å²) in [6.45, 7) is 64.5. The zero-order chi connectivity index (χ0) is 93.5. The van der Waals surface area contributed by atoms with Crippen molar-refractivity contribution in [2.24, 2.45) is 5.92 Å². The molecule has 2 aromatic carbocycles. The minimum atomic E-state index is -0.922. The normalized spacial score (nSPS) is 22.6. The third-order valence-corrected chi connectivity index (χ3v) is 28.7. The average Bonchev–Trinajstić information content (AvgIpc) is 1.58. The van der Waals surface area contributed by atoms with Gasteiger partial charge in [0.25, 0.3) is 0 Å². The Bertz CT molecular complexity index is 3430. The van der Waals surface area contributed by atoms with Crippen LogP contribution in [0.2, 0.25) is 0 Å². The maximum Gasteiger partial charge on any atom is 0.487 e. The van der Waals surface area contributed by atoms with E-state index in [1.165, 1.54) is 103 Å². The van der Waals surface area contributed by atoms with Crippen molar-refractivity contribution < 1.29 is 72.1 Å². The fourth-order valence-electron chi connectivity index (χ4n) is 16.5. The number of benzene rings is 2. The summed E-state index contributed by atoms with van der Waals surface area (Å²) in [7, 11) is -1.94. The molecule has 0 bridgehead atoms. The molecule has 8 rings (SSSR count). The van der Waals surface area contributed by atoms with E-state index in [1.54, 1.807) is 0 Å². The Morgan fingerprint density at radius 1 is 0.306 bits per heavy atom. The summed E-state index contributed by atoms with van der Waals surface area (Å²) in [6.07, 6.45) is 37.9. The van der Waals surface area contributed by atoms with Crippen LogP contribution in [0.3, 0.4) is 0 Å². The summed E-state index contributed by atoms with van der Waals surface area (Å²) in [6, 6.07) is 19.9. The first-order valence-electron chi connectivity index (χ1n) is 49.7. The van der Waals surface area contributed by atoms with E-state index in [1.807, 2.05) is 115 Å². The lowest BCUT2D eigenvalue weighted by Gasteiger charge is -2.33. The molecule has 5 heterocycles. The molecule has 6 fully saturated rings. The van der Waals surface area contributed by atoms with Crippen LogP contribution in [0.4, 0.5) is 0 Å². The number of rotatable bonds is 46. The third kappa shape index (κ3) is 34.5. The van der Waals surface area contributed by atoms with Gasteiger partial charge < -0.3 is 72.1 Å². The molecule has 706 valence electrons. The van der Waals surface area contributed by atoms with E-state index in [9.17, 15) is 25.5 Å². The van der Waals surface area contributed by atoms with Gasteiger partial charge in [0.2, 0.25) is 0 Å². The summed E-state index contributed by atoms with van der Waals surface area (Å²) >= 11 is 0. The Morgan fingerprint density at radius 3 is 0.839 bits per heavy atom. The van der Waals surface area contributed by atoms with Gasteiger partial charge in [0, 0.05) is 0 Å². The smallest absolute Gasteiger partial charge is 0.400 e. The van der Waals surface area contributed by atoms with Crippen molar-refractivity contribution in [3.8, 4) is 0 Å². The first kappa shape index (κ1) is 113. The molecule has 15 nitrogen and oxygen atoms in total. The molecular weight excluding hydrogens is 1540 g/mol. The SMILES string of the molecule is CCC/C(=C\B1OC(C)(C)C(C)(C)O1)C(O)c1ccccc1.CCCCC(C)(O)/C(=C/B1OC(C)(C)C(C)(C)O1)CCC.CCCCCCC(C)(O)/C(=C/B1OC(C)(C)C(C)(C)O1)CCC.CCCCCCCC/C(=C\B1OC(C)(C)C(C)(C)O1)C(C)(O)CCCCCC.CCCCCCCC/C(=C\B1OC(C)(C)C(C)(C)O1)C(O)(c1ccccc1)C1CC1. The van der Waals surface area contributed by atoms with Crippen LogP contribution >= 0.6 is 0 Å². The van der Waals surface area contributed by atoms with Gasteiger partial charge in [0.05, 0.1) is 78.9 Å². The molecule has 20 heteroatoms. The van der Waals surface area contributed by atoms with Crippen LogP contribution in [0.5, 0.6) is 0 Å². The predicted octanol–water partition coefficient (Wildman–Crippen LogP) is 27.0. The van der Waals surface area contributed by atoms with Crippen LogP contribution in [-0.4, -0.2) is 134 Å². The van der Waals surface area contributed by atoms with Crippen molar-refractivity contribution in [3.05, 3.63) is 130 Å². The molecule has 1 saturated carbocycles. The van der Waals surface area contributed by atoms with E-state index in [0.29, 0.717) is 0 Å². The second kappa shape index (κ2) is 50.6. The van der Waals surface area contributed by atoms with Crippen molar-refractivity contribution in [2.45, 2.75) is 524 Å². The molecular formula is C104H185B5O15. The van der Waals surface area contributed by atoms with E-state index in [2.05, 4.69) is 190 Å². The van der Waals surface area contributed by atoms with Crippen LogP contribution in [-0.2, 0) is 52.1 Å². The van der Waals surface area contributed by atoms with Gasteiger partial charge in [-0.3, -0.25) is 0 Å². The quantitative estimate of drug-likeness (QED) is 0.0310. The lowest BCUT2D eigenvalue weighted by Crippen LogP contribution is -2.41. The zero-order valence-corrected chi connectivity index (χ0v) is 85.3. The molecule has 6 aliphatic rings. The first-order chi connectivity index (χ1) is 57.6. The monoisotopic (exact) mass is 1730 g/mol. The highest BCUT2D eigenvalue weighted by atomic mass is 16.7. The molecule has 5 saturated heterocycles. The van der Waals surface area contributed by atoms with Crippen molar-refractivity contribution in [3.63, 3.8) is 0 Å². The van der Waals surface area contributed by atoms with Gasteiger partial charge in [-0.2, -0.15) is 0 Å². The molecule has 0 radical (unpaired) electrons. The van der Waals surface area contributed by atoms with Crippen molar-refractivity contribution in [1.29, 1.82) is 0 Å². The lowest BCUT2D eigenvalue weighted by molar-refractivity contribution is 0.00578. The summed E-state index contributed by atoms with van der Waals surface area (Å²) in [5, 5.41) is 55.7. The second-order valence-corrected chi connectivity index (χ2v) is 42.7. The van der Waals surface area contributed by atoms with Gasteiger partial charge in [0.15, 0.2) is 0 Å². The standard InChI is InChI=1S/C26H41BO3.C24H47BO3.C19H37BO3.C18H27BO3.C17H33BO3/c1-6-7-8-9-10-12-17-23(20-27-29-24(2,3)25(4,5)30-27)26(28,22-18-19-22)21-15-13-11-14-16-21;1-8-10-12-14-15-16-18-21(24(7,26)19-17-13-11-9-2)20-25-27-22(3,4)23(5,6)28-25;1-8-10-11-12-14-19(7,21)16(13-9-2)15-20-22-17(3,4)18(5,6)23-20;1-6-10-15(16(20)14-11-8-7-9-12-14)13-19-21-17(2,3)18(4,5)22-19;1-8-10-12-17(7,19)14(11-9-2)13-18-20-15(3,4)16(5,6)21-18/h11,13-16,20,22,28H,6-10,12,17-19H2,1-5H3;20,26H,8-19H2,1-7H3;15,21H,8-14H2,1-7H3;7-9,11-13,16,20H,6,10H2,1-5H3;13,19H,8-12H2,1-7H3/b23-20+;21-20+;16-15+;15-13+;14-13+. The molecule has 5 N–H and O–H groups in total. The van der Waals surface area contributed by atoms with Gasteiger partial charge in [-0.15, -0.1) is 0 Å². The molecule has 0 aromatic heterocycles. The highest BCUT2D eigenvalue weighted by Gasteiger charge is 2.56. The van der Waals surface area contributed by atoms with Gasteiger partial charge >= 0.3 is 35.6 Å². The fourth-order valence-corrected chi connectivity index (χ4v) is 16.5. The van der Waals surface area contributed by atoms with Gasteiger partial charge in [-0.1, -0.05) is 294 Å². The number of hydrogen-bond acceptors (Lipinski definition) is 15. The van der Waals surface area contributed by atoms with Crippen LogP contribution < -0.4 is 0 Å². The number of unbranched alkanes of at least 4 members (excludes halogenated alkanes) is 17. The summed E-state index contributed by atoms with van der Waals surface area (Å²) in [5.41, 5.74) is 0.400. The molecule has 2 aromatic rings. The second-order valence-electron chi connectivity index (χ2n) is 42.7. The maximum absolute atomic E-state index is 12.1. The first-order valence-corrected chi connectivity index (χ1v) is 49.7. The zero-order valence-electron chi connectivity index (χ0n) is 85.3. The van der Waals surface area contributed by atoms with E-state index in [0.717, 1.165) is 161 Å². The van der Waals surface area contributed by atoms with E-state index in [4.69, 9.17) is 46.5 Å². The van der Waals surface area contributed by atoms with Crippen molar-refractivity contribution in [2.75, 3.05) is 0 Å². The minimum absolute atomic E-state index is 0.286. The third-order valence-electron chi connectivity index (χ3n) is 28.7. The van der Waals surface area contributed by atoms with Gasteiger partial charge in [-0.25, -0.2) is 0 Å². The minimum Gasteiger partial charge on any atom is -0.400 e. The number of aliphatic hydroxyl groups is 5. The lowest BCUT2D eigenvalue weighted by atomic mass is 9.74. The number of hydrogen-bond donors (Lipinski definition) is 5. The largest absolute Gasteiger partial charge is 0.487 e. The highest BCUT2D eigenvalue weighted by Crippen LogP contribution is 2.52. The summed E-state index contributed by atoms with van der Waals surface area (Å²) < 4.78 is 61.2. The molecule has 0 amide bonds. The summed E-state index contributed by atoms with van der Waals surface area (Å²) in [5.74, 6) is 10.4. The van der Waals surface area contributed by atoms with E-state index in [-0.39, 0.29) is 83.3 Å². The topological polar surface area (TPSA) is 193 Å². The Kier molecular flexibility index (Phi) is 46.2. The van der Waals surface area contributed by atoms with Crippen LogP contribution in [0.1, 0.15) is 457 Å². The van der Waals surface area contributed by atoms with Crippen molar-refractivity contribution >= 4 is 35.6 Å². The van der Waals surface area contributed by atoms with Crippen LogP contribution in [0.15, 0.2) is 118 Å². The summed E-state index contributed by atoms with van der Waals surface area (Å²) in [4.78, 5) is 0. The molecule has 5 unspecified atom stereocenters. The average molecular weight is 1730 g/mol. The van der Waals surface area contributed by atoms with E-state index >= 15 is 0 Å². The molecule has 0 spiro atoms. The number of aliphatic hydroxyl groups excluding tert-OH is 1. The molecule has 124 heavy (non-hydrogen) atoms. The van der Waals surface area contributed by atoms with Gasteiger partial charge in [0.1, 0.15) is 5.60 Å². The van der Waals surface area contributed by atoms with Crippen molar-refractivity contribution in [1.82, 2.24) is 0 Å². The Balaban J connectivity index is 0.000000327. The molecule has 5 atom stereocenters. The molecule has 5 aliphatic heterocycles. The Morgan fingerprint density at radius 2 is 0.548 bits per heavy atom. The Hall–Kier alpha value is -3.14.